The molecule has 26 heavy (non-hydrogen) atoms. The third-order valence-corrected chi connectivity index (χ3v) is 5.26. The van der Waals surface area contributed by atoms with Crippen LogP contribution in [0, 0.1) is 13.8 Å². The molecule has 1 aromatic rings. The first-order valence-electron chi connectivity index (χ1n) is 9.52. The number of anilines is 1. The molecule has 0 bridgehead atoms. The van der Waals surface area contributed by atoms with Crippen LogP contribution in [0.15, 0.2) is 29.8 Å². The van der Waals surface area contributed by atoms with Crippen molar-refractivity contribution in [2.75, 3.05) is 31.6 Å². The fourth-order valence-corrected chi connectivity index (χ4v) is 3.89. The molecule has 3 heterocycles. The van der Waals surface area contributed by atoms with Gasteiger partial charge in [-0.15, -0.1) is 0 Å². The number of morpholine rings is 1. The van der Waals surface area contributed by atoms with Gasteiger partial charge >= 0.3 is 0 Å². The minimum absolute atomic E-state index is 0.338. The number of hydrogen-bond donors (Lipinski definition) is 1. The summed E-state index contributed by atoms with van der Waals surface area (Å²) in [4.78, 5) is 13.7. The van der Waals surface area contributed by atoms with Gasteiger partial charge in [0, 0.05) is 37.1 Å². The lowest BCUT2D eigenvalue weighted by atomic mass is 10.1. The number of rotatable bonds is 4. The molecule has 2 saturated heterocycles. The molecule has 2 fully saturated rings. The first-order chi connectivity index (χ1) is 12.4. The van der Waals surface area contributed by atoms with Crippen LogP contribution in [0.25, 0.3) is 0 Å². The van der Waals surface area contributed by atoms with Crippen molar-refractivity contribution in [2.24, 2.45) is 0 Å². The summed E-state index contributed by atoms with van der Waals surface area (Å²) in [6, 6.07) is 2.70. The molecule has 2 aliphatic heterocycles. The van der Waals surface area contributed by atoms with Gasteiger partial charge in [0.25, 0.3) is 0 Å². The second-order valence-electron chi connectivity index (χ2n) is 7.36. The third-order valence-electron chi connectivity index (χ3n) is 5.26. The van der Waals surface area contributed by atoms with E-state index in [2.05, 4.69) is 52.4 Å². The molecule has 0 unspecified atom stereocenters. The van der Waals surface area contributed by atoms with E-state index in [1.807, 2.05) is 19.9 Å². The second kappa shape index (κ2) is 7.56. The van der Waals surface area contributed by atoms with Crippen LogP contribution in [0.5, 0.6) is 0 Å². The molecule has 0 radical (unpaired) electrons. The summed E-state index contributed by atoms with van der Waals surface area (Å²) >= 11 is 0. The highest BCUT2D eigenvalue weighted by Gasteiger charge is 2.30. The largest absolute Gasteiger partial charge is 0.487 e. The Kier molecular flexibility index (Phi) is 5.39. The number of likely N-dealkylation sites (N-methyl/N-ethyl adjacent to an activating group) is 1. The monoisotopic (exact) mass is 357 g/mol. The second-order valence-corrected chi connectivity index (χ2v) is 7.36. The van der Waals surface area contributed by atoms with E-state index in [9.17, 15) is 0 Å². The summed E-state index contributed by atoms with van der Waals surface area (Å²) in [6.45, 7) is 18.4. The maximum Gasteiger partial charge on any atom is 0.223 e. The third kappa shape index (κ3) is 3.79. The van der Waals surface area contributed by atoms with Crippen LogP contribution in [0.4, 0.5) is 5.95 Å². The molecule has 0 amide bonds. The van der Waals surface area contributed by atoms with Crippen molar-refractivity contribution in [1.82, 2.24) is 19.8 Å². The van der Waals surface area contributed by atoms with E-state index in [4.69, 9.17) is 4.74 Å². The molecular weight excluding hydrogens is 326 g/mol. The average Bonchev–Trinajstić information content (AvgIpc) is 3.02. The zero-order chi connectivity index (χ0) is 18.8. The highest BCUT2D eigenvalue weighted by Crippen LogP contribution is 2.29. The van der Waals surface area contributed by atoms with Crippen LogP contribution in [-0.2, 0) is 4.74 Å². The van der Waals surface area contributed by atoms with Gasteiger partial charge in [0.1, 0.15) is 6.61 Å². The first-order valence-corrected chi connectivity index (χ1v) is 9.52. The zero-order valence-corrected chi connectivity index (χ0v) is 16.7. The molecule has 1 aromatic heterocycles. The van der Waals surface area contributed by atoms with Gasteiger partial charge in [-0.2, -0.15) is 0 Å². The van der Waals surface area contributed by atoms with E-state index in [1.165, 1.54) is 5.70 Å². The Morgan fingerprint density at radius 1 is 1.35 bits per heavy atom. The maximum atomic E-state index is 6.05. The molecule has 0 aromatic carbocycles. The summed E-state index contributed by atoms with van der Waals surface area (Å²) in [6.07, 6.45) is 1.06. The van der Waals surface area contributed by atoms with Crippen LogP contribution in [0.1, 0.15) is 38.6 Å². The van der Waals surface area contributed by atoms with E-state index in [-0.39, 0.29) is 0 Å². The molecule has 3 rings (SSSR count). The van der Waals surface area contributed by atoms with Crippen LogP contribution in [-0.4, -0.2) is 58.1 Å². The van der Waals surface area contributed by atoms with Gasteiger partial charge in [0.2, 0.25) is 5.95 Å². The molecule has 2 aliphatic rings. The van der Waals surface area contributed by atoms with Gasteiger partial charge in [-0.3, -0.25) is 0 Å². The summed E-state index contributed by atoms with van der Waals surface area (Å²) in [7, 11) is 0. The summed E-state index contributed by atoms with van der Waals surface area (Å²) in [5.41, 5.74) is 4.16. The number of likely N-dealkylation sites (tertiary alicyclic amines) is 1. The molecule has 2 atom stereocenters. The van der Waals surface area contributed by atoms with E-state index in [0.29, 0.717) is 18.7 Å². The van der Waals surface area contributed by atoms with Crippen molar-refractivity contribution < 1.29 is 4.74 Å². The van der Waals surface area contributed by atoms with Crippen LogP contribution in [0.2, 0.25) is 0 Å². The summed E-state index contributed by atoms with van der Waals surface area (Å²) in [5, 5.41) is 3.49. The molecule has 0 aliphatic carbocycles. The SMILES string of the molecule is C=C1/C(=C(\C)N2CC[C@@H](Nc3nc(C)cc(C)n3)C2)OC[C@H](C)N1CC. The van der Waals surface area contributed by atoms with E-state index < -0.39 is 0 Å². The minimum Gasteiger partial charge on any atom is -0.487 e. The van der Waals surface area contributed by atoms with Crippen molar-refractivity contribution in [2.45, 2.75) is 53.1 Å². The van der Waals surface area contributed by atoms with Gasteiger partial charge in [-0.05, 0) is 47.1 Å². The van der Waals surface area contributed by atoms with Gasteiger partial charge in [-0.25, -0.2) is 9.97 Å². The lowest BCUT2D eigenvalue weighted by molar-refractivity contribution is 0.0792. The Labute approximate surface area is 157 Å². The quantitative estimate of drug-likeness (QED) is 0.894. The van der Waals surface area contributed by atoms with E-state index in [0.717, 1.165) is 54.8 Å². The van der Waals surface area contributed by atoms with Gasteiger partial charge in [0.15, 0.2) is 5.76 Å². The van der Waals surface area contributed by atoms with Crippen molar-refractivity contribution in [3.8, 4) is 0 Å². The van der Waals surface area contributed by atoms with Crippen LogP contribution < -0.4 is 5.32 Å². The zero-order valence-electron chi connectivity index (χ0n) is 16.7. The lowest BCUT2D eigenvalue weighted by Crippen LogP contribution is -2.41. The topological polar surface area (TPSA) is 53.5 Å². The first kappa shape index (κ1) is 18.5. The van der Waals surface area contributed by atoms with E-state index >= 15 is 0 Å². The normalized spacial score (nSPS) is 25.3. The Bertz CT molecular complexity index is 694. The molecule has 0 saturated carbocycles. The number of nitrogens with one attached hydrogen (secondary N) is 1. The minimum atomic E-state index is 0.338. The van der Waals surface area contributed by atoms with Crippen LogP contribution >= 0.6 is 0 Å². The molecule has 6 nitrogen and oxygen atoms in total. The molecule has 142 valence electrons. The van der Waals surface area contributed by atoms with Gasteiger partial charge in [-0.1, -0.05) is 6.58 Å². The highest BCUT2D eigenvalue weighted by atomic mass is 16.5. The summed E-state index contributed by atoms with van der Waals surface area (Å²) < 4.78 is 6.05. The Balaban J connectivity index is 1.68. The number of aryl methyl sites for hydroxylation is 2. The Hall–Kier alpha value is -2.24. The van der Waals surface area contributed by atoms with Gasteiger partial charge < -0.3 is 19.9 Å². The smallest absolute Gasteiger partial charge is 0.223 e. The number of aromatic nitrogens is 2. The highest BCUT2D eigenvalue weighted by molar-refractivity contribution is 5.32. The van der Waals surface area contributed by atoms with Crippen molar-refractivity contribution >= 4 is 5.95 Å². The molecule has 0 spiro atoms. The standard InChI is InChI=1S/C20H31N5O/c1-7-25-15(4)12-26-19(17(25)6)16(5)24-9-8-18(11-24)23-20-21-13(2)10-14(3)22-20/h10,15,18H,6-9,11-12H2,1-5H3,(H,21,22,23)/b19-16-/t15-,18+/m0/s1. The number of nitrogens with zero attached hydrogens (tertiary/aromatic N) is 4. The lowest BCUT2D eigenvalue weighted by Gasteiger charge is -2.39. The number of hydrogen-bond acceptors (Lipinski definition) is 6. The number of allylic oxidation sites excluding steroid dienone is 1. The summed E-state index contributed by atoms with van der Waals surface area (Å²) in [5.74, 6) is 1.66. The van der Waals surface area contributed by atoms with Crippen LogP contribution in [0.3, 0.4) is 0 Å². The van der Waals surface area contributed by atoms with Crippen molar-refractivity contribution in [3.05, 3.63) is 41.2 Å². The Morgan fingerprint density at radius 3 is 2.69 bits per heavy atom. The molecule has 6 heteroatoms. The molecule has 1 N–H and O–H groups in total. The molecular formula is C20H31N5O. The average molecular weight is 358 g/mol. The number of ether oxygens (including phenoxy) is 1. The van der Waals surface area contributed by atoms with Crippen molar-refractivity contribution in [1.29, 1.82) is 0 Å². The Morgan fingerprint density at radius 2 is 2.04 bits per heavy atom. The van der Waals surface area contributed by atoms with E-state index in [1.54, 1.807) is 0 Å². The fraction of sp³-hybridized carbons (Fsp3) is 0.600. The fourth-order valence-electron chi connectivity index (χ4n) is 3.89. The predicted molar refractivity (Wildman–Crippen MR) is 105 cm³/mol. The predicted octanol–water partition coefficient (Wildman–Crippen LogP) is 3.07. The van der Waals surface area contributed by atoms with Gasteiger partial charge in [0.05, 0.1) is 17.4 Å². The maximum absolute atomic E-state index is 6.05. The van der Waals surface area contributed by atoms with Crippen molar-refractivity contribution in [3.63, 3.8) is 0 Å².